The molecule has 236 valence electrons. The van der Waals surface area contributed by atoms with Crippen LogP contribution in [0.15, 0.2) is 149 Å². The van der Waals surface area contributed by atoms with E-state index in [4.69, 9.17) is 10.3 Å². The van der Waals surface area contributed by atoms with Crippen LogP contribution in [0.2, 0.25) is 0 Å². The smallest absolute Gasteiger partial charge is 0.0674 e. The molecule has 0 fully saturated rings. The van der Waals surface area contributed by atoms with Crippen LogP contribution in [0.3, 0.4) is 0 Å². The summed E-state index contributed by atoms with van der Waals surface area (Å²) in [6.07, 6.45) is 11.1. The normalized spacial score (nSPS) is 18.7. The molecule has 4 aromatic carbocycles. The molecule has 2 radical (unpaired) electrons. The molecule has 7 rings (SSSR count). The molecule has 0 bridgehead atoms. The molecule has 5 heteroatoms. The summed E-state index contributed by atoms with van der Waals surface area (Å²) in [5.41, 5.74) is 15.4. The topological polar surface area (TPSA) is 29.7 Å². The van der Waals surface area contributed by atoms with E-state index in [0.717, 1.165) is 47.0 Å². The number of benzene rings is 4. The first-order valence-electron chi connectivity index (χ1n) is 16.4. The zero-order valence-electron chi connectivity index (χ0n) is 29.0. The largest absolute Gasteiger partial charge is 0.660 e. The van der Waals surface area contributed by atoms with Crippen LogP contribution >= 0.6 is 0 Å². The number of aliphatic imine (C=N–C) groups is 1. The third-order valence-corrected chi connectivity index (χ3v) is 9.82. The summed E-state index contributed by atoms with van der Waals surface area (Å²) in [4.78, 5) is 7.52. The molecule has 3 nitrogen and oxygen atoms in total. The summed E-state index contributed by atoms with van der Waals surface area (Å²) in [6, 6.07) is 34.7. The third kappa shape index (κ3) is 6.86. The summed E-state index contributed by atoms with van der Waals surface area (Å²) < 4.78 is 0. The fraction of sp³-hybridized carbons (Fsp3) is 0.233. The van der Waals surface area contributed by atoms with Crippen molar-refractivity contribution in [2.75, 3.05) is 4.90 Å². The van der Waals surface area contributed by atoms with Crippen molar-refractivity contribution < 1.29 is 65.4 Å². The molecule has 2 heterocycles. The molecule has 3 aliphatic rings. The SMILES string of the molecule is Cc1ccc2c(c1)C(C)(C)C(C=CC1=C(N(c3ccccc3)c3ccccc3)C(=CC=C3[N-]c4ccc(C)cc4C3(C)C)CC1)=N2.[Y].[Y]. The quantitative estimate of drug-likeness (QED) is 0.192. The van der Waals surface area contributed by atoms with Gasteiger partial charge < -0.3 is 10.2 Å². The predicted molar refractivity (Wildman–Crippen MR) is 195 cm³/mol. The number of aryl methyl sites for hydroxylation is 2. The monoisotopic (exact) mass is 778 g/mol. The summed E-state index contributed by atoms with van der Waals surface area (Å²) in [5.74, 6) is 0. The Kier molecular flexibility index (Phi) is 11.2. The molecule has 1 aliphatic carbocycles. The van der Waals surface area contributed by atoms with Crippen molar-refractivity contribution in [3.63, 3.8) is 0 Å². The van der Waals surface area contributed by atoms with E-state index < -0.39 is 0 Å². The van der Waals surface area contributed by atoms with E-state index in [0.29, 0.717) is 0 Å². The summed E-state index contributed by atoms with van der Waals surface area (Å²) in [7, 11) is 0. The fourth-order valence-electron chi connectivity index (χ4n) is 7.05. The molecule has 4 aromatic rings. The number of allylic oxidation sites excluding steroid dienone is 7. The second-order valence-corrected chi connectivity index (χ2v) is 13.9. The Morgan fingerprint density at radius 1 is 0.667 bits per heavy atom. The number of anilines is 2. The zero-order valence-corrected chi connectivity index (χ0v) is 34.6. The zero-order chi connectivity index (χ0) is 32.1. The van der Waals surface area contributed by atoms with Crippen LogP contribution in [0, 0.1) is 13.8 Å². The Balaban J connectivity index is 0.00000225. The maximum absolute atomic E-state index is 5.10. The van der Waals surface area contributed by atoms with Crippen LogP contribution in [-0.4, -0.2) is 5.71 Å². The van der Waals surface area contributed by atoms with Crippen LogP contribution in [0.5, 0.6) is 0 Å². The molecular formula is C43H42N3Y2-. The van der Waals surface area contributed by atoms with Gasteiger partial charge in [-0.25, -0.2) is 0 Å². The van der Waals surface area contributed by atoms with Crippen molar-refractivity contribution in [1.29, 1.82) is 0 Å². The molecule has 0 saturated heterocycles. The van der Waals surface area contributed by atoms with Gasteiger partial charge in [-0.2, -0.15) is 0 Å². The van der Waals surface area contributed by atoms with Crippen LogP contribution < -0.4 is 4.90 Å². The van der Waals surface area contributed by atoms with E-state index in [1.165, 1.54) is 39.1 Å². The van der Waals surface area contributed by atoms with E-state index in [1.54, 1.807) is 0 Å². The Morgan fingerprint density at radius 3 is 1.92 bits per heavy atom. The standard InChI is InChI=1S/C43H42N3.2Y/c1-29-17-23-37-35(27-29)42(3,4)39(44-37)25-21-31-19-20-32(22-26-40-43(5,6)36-28-30(2)18-24-38(36)45-40)41(31)46(33-13-9-7-10-14-33)34-15-11-8-12-16-34;;/h7-18,21-28H,19-20H2,1-6H3;;/q-1;;. The van der Waals surface area contributed by atoms with Crippen LogP contribution in [0.4, 0.5) is 22.7 Å². The van der Waals surface area contributed by atoms with E-state index in [9.17, 15) is 0 Å². The summed E-state index contributed by atoms with van der Waals surface area (Å²) in [5, 5.41) is 5.10. The summed E-state index contributed by atoms with van der Waals surface area (Å²) in [6.45, 7) is 13.5. The average Bonchev–Trinajstić information content (AvgIpc) is 3.64. The fourth-order valence-corrected chi connectivity index (χ4v) is 7.05. The molecule has 0 saturated carbocycles. The van der Waals surface area contributed by atoms with Gasteiger partial charge in [0.2, 0.25) is 0 Å². The molecule has 2 aliphatic heterocycles. The second kappa shape index (κ2) is 14.7. The first kappa shape index (κ1) is 36.6. The van der Waals surface area contributed by atoms with Gasteiger partial charge >= 0.3 is 0 Å². The van der Waals surface area contributed by atoms with Gasteiger partial charge in [0.1, 0.15) is 0 Å². The average molecular weight is 779 g/mol. The first-order chi connectivity index (χ1) is 22.1. The van der Waals surface area contributed by atoms with Gasteiger partial charge in [0.25, 0.3) is 0 Å². The number of hydrogen-bond acceptors (Lipinski definition) is 2. The number of hydrogen-bond donors (Lipinski definition) is 0. The van der Waals surface area contributed by atoms with Crippen molar-refractivity contribution in [2.45, 2.75) is 65.2 Å². The third-order valence-electron chi connectivity index (χ3n) is 9.82. The van der Waals surface area contributed by atoms with Gasteiger partial charge in [0.15, 0.2) is 0 Å². The van der Waals surface area contributed by atoms with Crippen molar-refractivity contribution >= 4 is 28.5 Å². The van der Waals surface area contributed by atoms with Crippen LogP contribution in [0.25, 0.3) is 5.32 Å². The predicted octanol–water partition coefficient (Wildman–Crippen LogP) is 11.9. The van der Waals surface area contributed by atoms with Crippen molar-refractivity contribution in [2.24, 2.45) is 4.99 Å². The van der Waals surface area contributed by atoms with Crippen molar-refractivity contribution in [3.8, 4) is 0 Å². The van der Waals surface area contributed by atoms with E-state index in [2.05, 4.69) is 168 Å². The molecule has 0 aromatic heterocycles. The maximum atomic E-state index is 5.10. The molecule has 0 amide bonds. The van der Waals surface area contributed by atoms with Crippen molar-refractivity contribution in [3.05, 3.63) is 171 Å². The molecular weight excluding hydrogens is 736 g/mol. The maximum Gasteiger partial charge on any atom is 0.0674 e. The van der Waals surface area contributed by atoms with Crippen LogP contribution in [0.1, 0.15) is 62.8 Å². The van der Waals surface area contributed by atoms with Gasteiger partial charge in [-0.3, -0.25) is 4.99 Å². The van der Waals surface area contributed by atoms with Gasteiger partial charge in [0, 0.05) is 82.2 Å². The van der Waals surface area contributed by atoms with E-state index >= 15 is 0 Å². The van der Waals surface area contributed by atoms with Gasteiger partial charge in [-0.15, -0.1) is 11.4 Å². The molecule has 0 atom stereocenters. The van der Waals surface area contributed by atoms with Gasteiger partial charge in [0.05, 0.1) is 17.1 Å². The molecule has 0 N–H and O–H groups in total. The summed E-state index contributed by atoms with van der Waals surface area (Å²) >= 11 is 0. The van der Waals surface area contributed by atoms with E-state index in [1.807, 2.05) is 0 Å². The second-order valence-electron chi connectivity index (χ2n) is 13.9. The Bertz CT molecular complexity index is 1940. The van der Waals surface area contributed by atoms with Crippen molar-refractivity contribution in [1.82, 2.24) is 0 Å². The Morgan fingerprint density at radius 2 is 1.27 bits per heavy atom. The molecule has 0 unspecified atom stereocenters. The Hall–Kier alpha value is -2.68. The molecule has 0 spiro atoms. The van der Waals surface area contributed by atoms with Crippen LogP contribution in [-0.2, 0) is 76.2 Å². The minimum Gasteiger partial charge on any atom is -0.660 e. The number of fused-ring (bicyclic) bond motifs is 2. The number of rotatable bonds is 6. The number of para-hydroxylation sites is 2. The van der Waals surface area contributed by atoms with Gasteiger partial charge in [-0.05, 0) is 85.2 Å². The van der Waals surface area contributed by atoms with E-state index in [-0.39, 0.29) is 76.2 Å². The van der Waals surface area contributed by atoms with Gasteiger partial charge in [-0.1, -0.05) is 129 Å². The number of nitrogens with zero attached hydrogens (tertiary/aromatic N) is 3. The minimum atomic E-state index is -0.151. The minimum absolute atomic E-state index is 0. The first-order valence-corrected chi connectivity index (χ1v) is 16.4. The molecule has 48 heavy (non-hydrogen) atoms. The Labute approximate surface area is 337 Å².